The molecule has 0 atom stereocenters. The van der Waals surface area contributed by atoms with E-state index in [1.807, 2.05) is 36.4 Å². The fourth-order valence-corrected chi connectivity index (χ4v) is 2.60. The molecule has 2 aromatic heterocycles. The smallest absolute Gasteiger partial charge is 0.247 e. The van der Waals surface area contributed by atoms with Gasteiger partial charge in [-0.05, 0) is 34.9 Å². The van der Waals surface area contributed by atoms with Gasteiger partial charge in [-0.25, -0.2) is 4.98 Å². The minimum absolute atomic E-state index is 0.110. The van der Waals surface area contributed by atoms with Gasteiger partial charge >= 0.3 is 0 Å². The highest BCUT2D eigenvalue weighted by Crippen LogP contribution is 2.30. The van der Waals surface area contributed by atoms with E-state index < -0.39 is 0 Å². The quantitative estimate of drug-likeness (QED) is 0.795. The average Bonchev–Trinajstić information content (AvgIpc) is 2.57. The van der Waals surface area contributed by atoms with Crippen LogP contribution in [0, 0.1) is 0 Å². The molecule has 0 radical (unpaired) electrons. The molecule has 3 aromatic rings. The molecular formula is C18H15ClN2O2. The summed E-state index contributed by atoms with van der Waals surface area (Å²) >= 11 is 6.08. The summed E-state index contributed by atoms with van der Waals surface area (Å²) < 4.78 is 5.36. The summed E-state index contributed by atoms with van der Waals surface area (Å²) in [6.07, 6.45) is 4.16. The van der Waals surface area contributed by atoms with Crippen molar-refractivity contribution in [3.05, 3.63) is 81.4 Å². The van der Waals surface area contributed by atoms with Gasteiger partial charge in [-0.2, -0.15) is 0 Å². The normalized spacial score (nSPS) is 10.5. The van der Waals surface area contributed by atoms with E-state index in [9.17, 15) is 4.79 Å². The molecule has 0 bridgehead atoms. The number of aromatic nitrogens is 2. The number of ether oxygens (including phenoxy) is 1. The molecule has 0 aliphatic heterocycles. The van der Waals surface area contributed by atoms with E-state index in [0.717, 1.165) is 22.3 Å². The van der Waals surface area contributed by atoms with Gasteiger partial charge in [0.1, 0.15) is 0 Å². The van der Waals surface area contributed by atoms with Crippen molar-refractivity contribution in [3.63, 3.8) is 0 Å². The number of nitrogens with one attached hydrogen (secondary N) is 1. The van der Waals surface area contributed by atoms with Crippen molar-refractivity contribution in [2.75, 3.05) is 7.11 Å². The topological polar surface area (TPSA) is 55.0 Å². The fraction of sp³-hybridized carbons (Fsp3) is 0.111. The third-order valence-electron chi connectivity index (χ3n) is 3.49. The van der Waals surface area contributed by atoms with Gasteiger partial charge in [0.05, 0.1) is 7.11 Å². The molecule has 0 aliphatic carbocycles. The van der Waals surface area contributed by atoms with Gasteiger partial charge in [0.25, 0.3) is 0 Å². The molecule has 0 fully saturated rings. The largest absolute Gasteiger partial charge is 0.481 e. The SMILES string of the molecule is COc1ncc(Cc2ccc(=O)[nH]c2)cc1-c1cccc(Cl)c1. The van der Waals surface area contributed by atoms with Crippen LogP contribution in [0.3, 0.4) is 0 Å². The first-order chi connectivity index (χ1) is 11.2. The highest BCUT2D eigenvalue weighted by molar-refractivity contribution is 6.30. The maximum atomic E-state index is 11.1. The second-order valence-electron chi connectivity index (χ2n) is 5.15. The molecule has 116 valence electrons. The lowest BCUT2D eigenvalue weighted by Gasteiger charge is -2.10. The molecule has 2 heterocycles. The predicted molar refractivity (Wildman–Crippen MR) is 91.1 cm³/mol. The van der Waals surface area contributed by atoms with Gasteiger partial charge in [-0.3, -0.25) is 4.79 Å². The van der Waals surface area contributed by atoms with Crippen molar-refractivity contribution in [3.8, 4) is 17.0 Å². The van der Waals surface area contributed by atoms with Crippen LogP contribution in [0.25, 0.3) is 11.1 Å². The average molecular weight is 327 g/mol. The van der Waals surface area contributed by atoms with Crippen LogP contribution in [0.4, 0.5) is 0 Å². The monoisotopic (exact) mass is 326 g/mol. The van der Waals surface area contributed by atoms with Crippen LogP contribution in [0.2, 0.25) is 5.02 Å². The predicted octanol–water partition coefficient (Wildman–Crippen LogP) is 3.69. The number of aromatic amines is 1. The lowest BCUT2D eigenvalue weighted by atomic mass is 10.0. The van der Waals surface area contributed by atoms with Crippen molar-refractivity contribution in [2.24, 2.45) is 0 Å². The van der Waals surface area contributed by atoms with Crippen LogP contribution in [0.5, 0.6) is 5.88 Å². The Kier molecular flexibility index (Phi) is 4.44. The van der Waals surface area contributed by atoms with Crippen molar-refractivity contribution in [1.82, 2.24) is 9.97 Å². The molecular weight excluding hydrogens is 312 g/mol. The highest BCUT2D eigenvalue weighted by Gasteiger charge is 2.10. The number of methoxy groups -OCH3 is 1. The number of hydrogen-bond donors (Lipinski definition) is 1. The molecule has 0 spiro atoms. The Hall–Kier alpha value is -2.59. The summed E-state index contributed by atoms with van der Waals surface area (Å²) in [5, 5.41) is 0.663. The maximum Gasteiger partial charge on any atom is 0.247 e. The Labute approximate surface area is 138 Å². The van der Waals surface area contributed by atoms with Gasteiger partial charge in [0.2, 0.25) is 11.4 Å². The maximum absolute atomic E-state index is 11.1. The van der Waals surface area contributed by atoms with E-state index in [2.05, 4.69) is 9.97 Å². The van der Waals surface area contributed by atoms with Crippen LogP contribution in [-0.2, 0) is 6.42 Å². The molecule has 0 aliphatic rings. The van der Waals surface area contributed by atoms with E-state index in [1.54, 1.807) is 19.5 Å². The summed E-state index contributed by atoms with van der Waals surface area (Å²) in [5.74, 6) is 0.553. The van der Waals surface area contributed by atoms with Crippen LogP contribution < -0.4 is 10.3 Å². The molecule has 1 aromatic carbocycles. The van der Waals surface area contributed by atoms with Gasteiger partial charge in [0, 0.05) is 35.5 Å². The zero-order valence-electron chi connectivity index (χ0n) is 12.5. The summed E-state index contributed by atoms with van der Waals surface area (Å²) in [4.78, 5) is 18.2. The Morgan fingerprint density at radius 1 is 1.17 bits per heavy atom. The Bertz CT molecular complexity index is 870. The molecule has 1 N–H and O–H groups in total. The van der Waals surface area contributed by atoms with E-state index in [1.165, 1.54) is 6.07 Å². The minimum Gasteiger partial charge on any atom is -0.481 e. The van der Waals surface area contributed by atoms with Crippen molar-refractivity contribution >= 4 is 11.6 Å². The third kappa shape index (κ3) is 3.60. The van der Waals surface area contributed by atoms with Gasteiger partial charge in [0.15, 0.2) is 0 Å². The second-order valence-corrected chi connectivity index (χ2v) is 5.59. The molecule has 0 saturated carbocycles. The van der Waals surface area contributed by atoms with Crippen molar-refractivity contribution in [1.29, 1.82) is 0 Å². The number of nitrogens with zero attached hydrogens (tertiary/aromatic N) is 1. The number of H-pyrrole nitrogens is 1. The summed E-state index contributed by atoms with van der Waals surface area (Å²) in [5.41, 5.74) is 3.75. The zero-order valence-corrected chi connectivity index (χ0v) is 13.3. The molecule has 0 amide bonds. The summed E-state index contributed by atoms with van der Waals surface area (Å²) in [7, 11) is 1.60. The second kappa shape index (κ2) is 6.67. The Balaban J connectivity index is 1.98. The first-order valence-corrected chi connectivity index (χ1v) is 7.50. The van der Waals surface area contributed by atoms with E-state index in [0.29, 0.717) is 17.3 Å². The number of rotatable bonds is 4. The van der Waals surface area contributed by atoms with Gasteiger partial charge in [-0.15, -0.1) is 0 Å². The fourth-order valence-electron chi connectivity index (χ4n) is 2.41. The molecule has 23 heavy (non-hydrogen) atoms. The van der Waals surface area contributed by atoms with E-state index >= 15 is 0 Å². The zero-order chi connectivity index (χ0) is 16.2. The first-order valence-electron chi connectivity index (χ1n) is 7.12. The van der Waals surface area contributed by atoms with Crippen LogP contribution >= 0.6 is 11.6 Å². The first kappa shape index (κ1) is 15.3. The van der Waals surface area contributed by atoms with Gasteiger partial charge in [-0.1, -0.05) is 29.8 Å². The molecule has 4 nitrogen and oxygen atoms in total. The van der Waals surface area contributed by atoms with Crippen LogP contribution in [0.15, 0.2) is 59.7 Å². The van der Waals surface area contributed by atoms with E-state index in [4.69, 9.17) is 16.3 Å². The Morgan fingerprint density at radius 3 is 2.74 bits per heavy atom. The number of hydrogen-bond acceptors (Lipinski definition) is 3. The summed E-state index contributed by atoms with van der Waals surface area (Å²) in [6, 6.07) is 12.9. The van der Waals surface area contributed by atoms with E-state index in [-0.39, 0.29) is 5.56 Å². The van der Waals surface area contributed by atoms with Crippen LogP contribution in [0.1, 0.15) is 11.1 Å². The summed E-state index contributed by atoms with van der Waals surface area (Å²) in [6.45, 7) is 0. The lowest BCUT2D eigenvalue weighted by Crippen LogP contribution is -2.03. The number of pyridine rings is 2. The molecule has 0 saturated heterocycles. The Morgan fingerprint density at radius 2 is 2.04 bits per heavy atom. The standard InChI is InChI=1S/C18H15ClN2O2/c1-23-18-16(14-3-2-4-15(19)9-14)8-13(11-21-18)7-12-5-6-17(22)20-10-12/h2-6,8-11H,7H2,1H3,(H,20,22). The van der Waals surface area contributed by atoms with Crippen LogP contribution in [-0.4, -0.2) is 17.1 Å². The van der Waals surface area contributed by atoms with Crippen molar-refractivity contribution in [2.45, 2.75) is 6.42 Å². The number of benzene rings is 1. The highest BCUT2D eigenvalue weighted by atomic mass is 35.5. The molecule has 5 heteroatoms. The van der Waals surface area contributed by atoms with Crippen molar-refractivity contribution < 1.29 is 4.74 Å². The van der Waals surface area contributed by atoms with Gasteiger partial charge < -0.3 is 9.72 Å². The number of halogens is 1. The molecule has 0 unspecified atom stereocenters. The lowest BCUT2D eigenvalue weighted by molar-refractivity contribution is 0.399. The third-order valence-corrected chi connectivity index (χ3v) is 3.73. The molecule has 3 rings (SSSR count). The minimum atomic E-state index is -0.110.